The molecule has 2 heterocycles. The van der Waals surface area contributed by atoms with Gasteiger partial charge in [-0.15, -0.1) is 0 Å². The first-order valence-corrected chi connectivity index (χ1v) is 8.72. The van der Waals surface area contributed by atoms with Gasteiger partial charge in [0.2, 0.25) is 0 Å². The summed E-state index contributed by atoms with van der Waals surface area (Å²) in [5.74, 6) is 0.822. The van der Waals surface area contributed by atoms with Crippen molar-refractivity contribution in [1.82, 2.24) is 9.88 Å². The number of ether oxygens (including phenoxy) is 1. The smallest absolute Gasteiger partial charge is 0.145 e. The summed E-state index contributed by atoms with van der Waals surface area (Å²) in [7, 11) is 1.69. The Morgan fingerprint density at radius 1 is 1.25 bits per heavy atom. The molecule has 1 saturated heterocycles. The summed E-state index contributed by atoms with van der Waals surface area (Å²) < 4.78 is 5.49. The number of hydrogen-bond acceptors (Lipinski definition) is 5. The monoisotopic (exact) mass is 329 g/mol. The number of aliphatic hydroxyl groups excluding tert-OH is 1. The molecule has 1 aromatic carbocycles. The van der Waals surface area contributed by atoms with Crippen LogP contribution in [0.2, 0.25) is 0 Å². The summed E-state index contributed by atoms with van der Waals surface area (Å²) in [5, 5.41) is 10.7. The van der Waals surface area contributed by atoms with E-state index in [4.69, 9.17) is 4.74 Å². The van der Waals surface area contributed by atoms with Crippen molar-refractivity contribution in [2.24, 2.45) is 0 Å². The summed E-state index contributed by atoms with van der Waals surface area (Å²) in [4.78, 5) is 9.50. The number of para-hydroxylation sites is 1. The number of hydrogen-bond donors (Lipinski definition) is 1. The van der Waals surface area contributed by atoms with Gasteiger partial charge < -0.3 is 14.7 Å². The van der Waals surface area contributed by atoms with Gasteiger partial charge in [-0.2, -0.15) is 0 Å². The van der Waals surface area contributed by atoms with Crippen LogP contribution >= 0.6 is 0 Å². The number of aromatic nitrogens is 1. The molecule has 0 spiro atoms. The van der Waals surface area contributed by atoms with Crippen LogP contribution in [-0.4, -0.2) is 60.9 Å². The Morgan fingerprint density at radius 2 is 2.00 bits per heavy atom. The third-order valence-corrected chi connectivity index (χ3v) is 4.98. The van der Waals surface area contributed by atoms with Gasteiger partial charge >= 0.3 is 0 Å². The quantitative estimate of drug-likeness (QED) is 0.913. The Kier molecular flexibility index (Phi) is 5.21. The van der Waals surface area contributed by atoms with Crippen LogP contribution < -0.4 is 9.64 Å². The van der Waals surface area contributed by atoms with Crippen LogP contribution in [0.1, 0.15) is 19.0 Å². The van der Waals surface area contributed by atoms with E-state index < -0.39 is 0 Å². The molecule has 0 saturated carbocycles. The first-order valence-electron chi connectivity index (χ1n) is 8.72. The summed E-state index contributed by atoms with van der Waals surface area (Å²) in [6.07, 6.45) is 0.991. The van der Waals surface area contributed by atoms with E-state index in [1.54, 1.807) is 7.11 Å². The Hall–Kier alpha value is -1.85. The lowest BCUT2D eigenvalue weighted by molar-refractivity contribution is 0.114. The standard InChI is InChI=1S/C19H27N3O2/c1-4-15(13-23)21-8-10-22(11-9-21)17-12-14(2)20-19-16(17)6-5-7-18(19)24-3/h5-7,12,15,23H,4,8-11,13H2,1-3H3. The van der Waals surface area contributed by atoms with Crippen molar-refractivity contribution >= 4 is 16.6 Å². The molecule has 1 fully saturated rings. The fraction of sp³-hybridized carbons (Fsp3) is 0.526. The molecule has 3 rings (SSSR count). The second-order valence-electron chi connectivity index (χ2n) is 6.41. The maximum Gasteiger partial charge on any atom is 0.145 e. The zero-order valence-corrected chi connectivity index (χ0v) is 14.8. The molecule has 1 atom stereocenters. The van der Waals surface area contributed by atoms with E-state index in [9.17, 15) is 5.11 Å². The maximum absolute atomic E-state index is 9.52. The van der Waals surface area contributed by atoms with Crippen LogP contribution in [0.5, 0.6) is 5.75 Å². The molecular weight excluding hydrogens is 302 g/mol. The highest BCUT2D eigenvalue weighted by Gasteiger charge is 2.24. The average molecular weight is 329 g/mol. The molecule has 1 N–H and O–H groups in total. The van der Waals surface area contributed by atoms with E-state index in [1.165, 1.54) is 5.69 Å². The highest BCUT2D eigenvalue weighted by atomic mass is 16.5. The predicted molar refractivity (Wildman–Crippen MR) is 98.0 cm³/mol. The molecule has 0 bridgehead atoms. The summed E-state index contributed by atoms with van der Waals surface area (Å²) in [6.45, 7) is 8.30. The fourth-order valence-electron chi connectivity index (χ4n) is 3.59. The van der Waals surface area contributed by atoms with E-state index in [0.717, 1.165) is 54.9 Å². The number of benzene rings is 1. The molecule has 0 aliphatic carbocycles. The van der Waals surface area contributed by atoms with E-state index in [-0.39, 0.29) is 12.6 Å². The molecule has 5 heteroatoms. The van der Waals surface area contributed by atoms with Crippen LogP contribution in [-0.2, 0) is 0 Å². The number of piperazine rings is 1. The maximum atomic E-state index is 9.52. The zero-order valence-electron chi connectivity index (χ0n) is 14.8. The number of methoxy groups -OCH3 is 1. The molecule has 1 aliphatic heterocycles. The van der Waals surface area contributed by atoms with Gasteiger partial charge in [-0.3, -0.25) is 4.90 Å². The minimum absolute atomic E-state index is 0.241. The molecule has 2 aromatic rings. The van der Waals surface area contributed by atoms with Crippen molar-refractivity contribution in [2.75, 3.05) is 44.8 Å². The number of fused-ring (bicyclic) bond motifs is 1. The molecule has 5 nitrogen and oxygen atoms in total. The summed E-state index contributed by atoms with van der Waals surface area (Å²) >= 11 is 0. The van der Waals surface area contributed by atoms with E-state index in [2.05, 4.69) is 33.8 Å². The predicted octanol–water partition coefficient (Wildman–Crippen LogP) is 2.44. The number of aryl methyl sites for hydroxylation is 1. The average Bonchev–Trinajstić information content (AvgIpc) is 2.62. The fourth-order valence-corrected chi connectivity index (χ4v) is 3.59. The highest BCUT2D eigenvalue weighted by Crippen LogP contribution is 2.32. The van der Waals surface area contributed by atoms with Gasteiger partial charge in [0.15, 0.2) is 0 Å². The number of aliphatic hydroxyl groups is 1. The van der Waals surface area contributed by atoms with Crippen molar-refractivity contribution in [1.29, 1.82) is 0 Å². The molecule has 130 valence electrons. The molecule has 1 aliphatic rings. The van der Waals surface area contributed by atoms with Crippen LogP contribution in [0.4, 0.5) is 5.69 Å². The van der Waals surface area contributed by atoms with E-state index in [1.807, 2.05) is 19.1 Å². The Labute approximate surface area is 143 Å². The molecule has 0 amide bonds. The first kappa shape index (κ1) is 17.0. The number of pyridine rings is 1. The van der Waals surface area contributed by atoms with Crippen LogP contribution in [0.25, 0.3) is 10.9 Å². The first-order chi connectivity index (χ1) is 11.7. The van der Waals surface area contributed by atoms with Crippen LogP contribution in [0, 0.1) is 6.92 Å². The third kappa shape index (κ3) is 3.19. The Bertz CT molecular complexity index is 692. The van der Waals surface area contributed by atoms with Gasteiger partial charge in [0.25, 0.3) is 0 Å². The zero-order chi connectivity index (χ0) is 17.1. The third-order valence-electron chi connectivity index (χ3n) is 4.98. The van der Waals surface area contributed by atoms with Gasteiger partial charge in [0.1, 0.15) is 11.3 Å². The minimum Gasteiger partial charge on any atom is -0.494 e. The van der Waals surface area contributed by atoms with Gasteiger partial charge in [-0.1, -0.05) is 19.1 Å². The Balaban J connectivity index is 1.88. The second-order valence-corrected chi connectivity index (χ2v) is 6.41. The van der Waals surface area contributed by atoms with Crippen molar-refractivity contribution in [2.45, 2.75) is 26.3 Å². The minimum atomic E-state index is 0.241. The van der Waals surface area contributed by atoms with Crippen molar-refractivity contribution in [3.05, 3.63) is 30.0 Å². The van der Waals surface area contributed by atoms with Crippen LogP contribution in [0.15, 0.2) is 24.3 Å². The number of rotatable bonds is 5. The summed E-state index contributed by atoms with van der Waals surface area (Å²) in [6, 6.07) is 8.55. The normalized spacial score (nSPS) is 17.2. The highest BCUT2D eigenvalue weighted by molar-refractivity contribution is 5.95. The molecular formula is C19H27N3O2. The van der Waals surface area contributed by atoms with Crippen molar-refractivity contribution in [3.8, 4) is 5.75 Å². The largest absolute Gasteiger partial charge is 0.494 e. The number of anilines is 1. The SMILES string of the molecule is CCC(CO)N1CCN(c2cc(C)nc3c(OC)cccc23)CC1. The summed E-state index contributed by atoms with van der Waals surface area (Å²) in [5.41, 5.74) is 3.17. The Morgan fingerprint density at radius 3 is 2.62 bits per heavy atom. The van der Waals surface area contributed by atoms with Crippen LogP contribution in [0.3, 0.4) is 0 Å². The van der Waals surface area contributed by atoms with Gasteiger partial charge in [0.05, 0.1) is 13.7 Å². The lowest BCUT2D eigenvalue weighted by atomic mass is 10.1. The lowest BCUT2D eigenvalue weighted by Crippen LogP contribution is -2.51. The van der Waals surface area contributed by atoms with Gasteiger partial charge in [-0.25, -0.2) is 4.98 Å². The molecule has 1 aromatic heterocycles. The van der Waals surface area contributed by atoms with Crippen molar-refractivity contribution < 1.29 is 9.84 Å². The number of nitrogens with zero attached hydrogens (tertiary/aromatic N) is 3. The topological polar surface area (TPSA) is 48.8 Å². The molecule has 1 unspecified atom stereocenters. The van der Waals surface area contributed by atoms with Crippen molar-refractivity contribution in [3.63, 3.8) is 0 Å². The van der Waals surface area contributed by atoms with Gasteiger partial charge in [0, 0.05) is 49.0 Å². The van der Waals surface area contributed by atoms with Gasteiger partial charge in [-0.05, 0) is 25.5 Å². The van der Waals surface area contributed by atoms with E-state index in [0.29, 0.717) is 0 Å². The lowest BCUT2D eigenvalue weighted by Gasteiger charge is -2.39. The van der Waals surface area contributed by atoms with E-state index >= 15 is 0 Å². The second kappa shape index (κ2) is 7.36. The molecule has 0 radical (unpaired) electrons. The molecule has 24 heavy (non-hydrogen) atoms.